The first-order chi connectivity index (χ1) is 9.85. The quantitative estimate of drug-likeness (QED) is 0.764. The summed E-state index contributed by atoms with van der Waals surface area (Å²) in [6.45, 7) is 3.43. The summed E-state index contributed by atoms with van der Waals surface area (Å²) in [6.07, 6.45) is 0.684. The van der Waals surface area contributed by atoms with Crippen molar-refractivity contribution in [1.82, 2.24) is 5.32 Å². The molecule has 1 aliphatic heterocycles. The van der Waals surface area contributed by atoms with Crippen LogP contribution in [0.5, 0.6) is 0 Å². The molecule has 0 saturated carbocycles. The summed E-state index contributed by atoms with van der Waals surface area (Å²) in [5.41, 5.74) is 0.947. The van der Waals surface area contributed by atoms with E-state index >= 15 is 0 Å². The third-order valence-corrected chi connectivity index (χ3v) is 3.93. The van der Waals surface area contributed by atoms with Crippen LogP contribution in [0.3, 0.4) is 0 Å². The Morgan fingerprint density at radius 3 is 2.76 bits per heavy atom. The van der Waals surface area contributed by atoms with E-state index in [9.17, 15) is 19.5 Å². The van der Waals surface area contributed by atoms with Gasteiger partial charge in [-0.1, -0.05) is 6.92 Å². The Morgan fingerprint density at radius 2 is 2.14 bits per heavy atom. The maximum Gasteiger partial charge on any atom is 0.311 e. The molecule has 1 aromatic rings. The molecule has 1 aliphatic rings. The monoisotopic (exact) mass is 290 g/mol. The largest absolute Gasteiger partial charge is 0.481 e. The van der Waals surface area contributed by atoms with Crippen molar-refractivity contribution < 1.29 is 19.5 Å². The summed E-state index contributed by atoms with van der Waals surface area (Å²) in [7, 11) is 0. The average molecular weight is 290 g/mol. The van der Waals surface area contributed by atoms with E-state index in [1.54, 1.807) is 32.0 Å². The Balaban J connectivity index is 2.07. The standard InChI is InChI=1S/C15H18N2O4/c1-3-15(2,14(20)21)8-16-13(19)9-4-5-11-10(6-9)7-12(18)17-11/h4-6H,3,7-8H2,1-2H3,(H,16,19)(H,17,18)(H,20,21). The molecule has 21 heavy (non-hydrogen) atoms. The number of carboxylic acids is 1. The van der Waals surface area contributed by atoms with Crippen LogP contribution in [0.1, 0.15) is 36.2 Å². The number of carbonyl (C=O) groups is 3. The molecule has 0 spiro atoms. The number of anilines is 1. The molecule has 6 heteroatoms. The predicted molar refractivity (Wildman–Crippen MR) is 77.1 cm³/mol. The number of hydrogen-bond donors (Lipinski definition) is 3. The van der Waals surface area contributed by atoms with Crippen molar-refractivity contribution in [3.8, 4) is 0 Å². The van der Waals surface area contributed by atoms with Gasteiger partial charge in [0.25, 0.3) is 5.91 Å². The number of hydrogen-bond acceptors (Lipinski definition) is 3. The van der Waals surface area contributed by atoms with Crippen LogP contribution >= 0.6 is 0 Å². The van der Waals surface area contributed by atoms with E-state index in [-0.39, 0.29) is 24.8 Å². The molecule has 0 aliphatic carbocycles. The molecule has 1 aromatic carbocycles. The van der Waals surface area contributed by atoms with Crippen LogP contribution in [0.4, 0.5) is 5.69 Å². The van der Waals surface area contributed by atoms with E-state index in [0.717, 1.165) is 11.3 Å². The highest BCUT2D eigenvalue weighted by atomic mass is 16.4. The van der Waals surface area contributed by atoms with Gasteiger partial charge in [-0.25, -0.2) is 0 Å². The van der Waals surface area contributed by atoms with Gasteiger partial charge in [0, 0.05) is 17.8 Å². The van der Waals surface area contributed by atoms with Gasteiger partial charge in [-0.2, -0.15) is 0 Å². The van der Waals surface area contributed by atoms with Gasteiger partial charge in [0.05, 0.1) is 11.8 Å². The highest BCUT2D eigenvalue weighted by Gasteiger charge is 2.31. The van der Waals surface area contributed by atoms with Gasteiger partial charge in [0.2, 0.25) is 5.91 Å². The molecule has 1 unspecified atom stereocenters. The van der Waals surface area contributed by atoms with Crippen molar-refractivity contribution in [3.63, 3.8) is 0 Å². The summed E-state index contributed by atoms with van der Waals surface area (Å²) in [4.78, 5) is 34.6. The minimum atomic E-state index is -0.982. The second-order valence-electron chi connectivity index (χ2n) is 5.50. The van der Waals surface area contributed by atoms with Gasteiger partial charge >= 0.3 is 5.97 Å². The van der Waals surface area contributed by atoms with E-state index in [4.69, 9.17) is 0 Å². The lowest BCUT2D eigenvalue weighted by atomic mass is 9.87. The number of carboxylic acid groups (broad SMARTS) is 1. The molecule has 0 aromatic heterocycles. The first-order valence-corrected chi connectivity index (χ1v) is 6.80. The van der Waals surface area contributed by atoms with Gasteiger partial charge in [-0.05, 0) is 37.1 Å². The molecule has 0 fully saturated rings. The highest BCUT2D eigenvalue weighted by molar-refractivity contribution is 6.01. The van der Waals surface area contributed by atoms with Crippen molar-refractivity contribution in [2.45, 2.75) is 26.7 Å². The number of benzene rings is 1. The number of amides is 2. The smallest absolute Gasteiger partial charge is 0.311 e. The molecule has 1 atom stereocenters. The van der Waals surface area contributed by atoms with Gasteiger partial charge < -0.3 is 15.7 Å². The molecule has 2 amide bonds. The van der Waals surface area contributed by atoms with Crippen molar-refractivity contribution in [1.29, 1.82) is 0 Å². The minimum Gasteiger partial charge on any atom is -0.481 e. The van der Waals surface area contributed by atoms with Crippen LogP contribution in [-0.2, 0) is 16.0 Å². The van der Waals surface area contributed by atoms with Crippen LogP contribution < -0.4 is 10.6 Å². The first kappa shape index (κ1) is 15.0. The number of rotatable bonds is 5. The Kier molecular flexibility index (Phi) is 3.97. The number of aliphatic carboxylic acids is 1. The Hall–Kier alpha value is -2.37. The Labute approximate surface area is 122 Å². The fourth-order valence-corrected chi connectivity index (χ4v) is 2.10. The second-order valence-corrected chi connectivity index (χ2v) is 5.50. The van der Waals surface area contributed by atoms with E-state index in [1.807, 2.05) is 0 Å². The van der Waals surface area contributed by atoms with Gasteiger partial charge in [-0.3, -0.25) is 14.4 Å². The summed E-state index contributed by atoms with van der Waals surface area (Å²) in [5, 5.41) is 14.5. The molecule has 6 nitrogen and oxygen atoms in total. The maximum atomic E-state index is 12.1. The molecule has 112 valence electrons. The first-order valence-electron chi connectivity index (χ1n) is 6.80. The van der Waals surface area contributed by atoms with Crippen molar-refractivity contribution in [3.05, 3.63) is 29.3 Å². The Bertz CT molecular complexity index is 612. The zero-order chi connectivity index (χ0) is 15.6. The van der Waals surface area contributed by atoms with Crippen molar-refractivity contribution in [2.75, 3.05) is 11.9 Å². The summed E-state index contributed by atoms with van der Waals surface area (Å²) < 4.78 is 0. The minimum absolute atomic E-state index is 0.0614. The van der Waals surface area contributed by atoms with Crippen LogP contribution in [0.25, 0.3) is 0 Å². The molecule has 1 heterocycles. The van der Waals surface area contributed by atoms with Gasteiger partial charge in [0.1, 0.15) is 0 Å². The van der Waals surface area contributed by atoms with E-state index in [0.29, 0.717) is 12.0 Å². The lowest BCUT2D eigenvalue weighted by molar-refractivity contribution is -0.147. The number of nitrogens with one attached hydrogen (secondary N) is 2. The average Bonchev–Trinajstić information content (AvgIpc) is 2.83. The molecule has 2 rings (SSSR count). The number of fused-ring (bicyclic) bond motifs is 1. The zero-order valence-electron chi connectivity index (χ0n) is 12.0. The summed E-state index contributed by atoms with van der Waals surface area (Å²) in [6, 6.07) is 4.96. The van der Waals surface area contributed by atoms with Crippen molar-refractivity contribution >= 4 is 23.5 Å². The molecular formula is C15H18N2O4. The zero-order valence-corrected chi connectivity index (χ0v) is 12.0. The fourth-order valence-electron chi connectivity index (χ4n) is 2.10. The van der Waals surface area contributed by atoms with Crippen LogP contribution in [0.15, 0.2) is 18.2 Å². The lowest BCUT2D eigenvalue weighted by Crippen LogP contribution is -2.40. The predicted octanol–water partition coefficient (Wildman–Crippen LogP) is 1.41. The number of carbonyl (C=O) groups excluding carboxylic acids is 2. The third-order valence-electron chi connectivity index (χ3n) is 3.93. The SMILES string of the molecule is CCC(C)(CNC(=O)c1ccc2c(c1)CC(=O)N2)C(=O)O. The summed E-state index contributed by atoms with van der Waals surface area (Å²) >= 11 is 0. The van der Waals surface area contributed by atoms with Crippen LogP contribution in [0, 0.1) is 5.41 Å². The second kappa shape index (κ2) is 5.55. The summed E-state index contributed by atoms with van der Waals surface area (Å²) in [5.74, 6) is -1.36. The third kappa shape index (κ3) is 3.04. The van der Waals surface area contributed by atoms with Crippen LogP contribution in [0.2, 0.25) is 0 Å². The fraction of sp³-hybridized carbons (Fsp3) is 0.400. The highest BCUT2D eigenvalue weighted by Crippen LogP contribution is 2.24. The van der Waals surface area contributed by atoms with E-state index in [1.165, 1.54) is 0 Å². The maximum absolute atomic E-state index is 12.1. The van der Waals surface area contributed by atoms with E-state index < -0.39 is 11.4 Å². The Morgan fingerprint density at radius 1 is 1.43 bits per heavy atom. The molecule has 0 bridgehead atoms. The lowest BCUT2D eigenvalue weighted by Gasteiger charge is -2.23. The van der Waals surface area contributed by atoms with Crippen molar-refractivity contribution in [2.24, 2.45) is 5.41 Å². The van der Waals surface area contributed by atoms with E-state index in [2.05, 4.69) is 10.6 Å². The van der Waals surface area contributed by atoms with Gasteiger partial charge in [0.15, 0.2) is 0 Å². The molecule has 3 N–H and O–H groups in total. The van der Waals surface area contributed by atoms with Gasteiger partial charge in [-0.15, -0.1) is 0 Å². The molecule has 0 radical (unpaired) electrons. The normalized spacial score (nSPS) is 15.8. The molecular weight excluding hydrogens is 272 g/mol. The molecule has 0 saturated heterocycles. The topological polar surface area (TPSA) is 95.5 Å². The van der Waals surface area contributed by atoms with Crippen LogP contribution in [-0.4, -0.2) is 29.4 Å².